The summed E-state index contributed by atoms with van der Waals surface area (Å²) in [5, 5.41) is 0. The van der Waals surface area contributed by atoms with Gasteiger partial charge in [-0.3, -0.25) is 0 Å². The van der Waals surface area contributed by atoms with Gasteiger partial charge < -0.3 is 27.4 Å². The fourth-order valence-electron chi connectivity index (χ4n) is 0. The molecular formula is O5Ta4. The molecule has 0 aromatic rings. The van der Waals surface area contributed by atoms with Crippen molar-refractivity contribution in [2.75, 3.05) is 0 Å². The summed E-state index contributed by atoms with van der Waals surface area (Å²) >= 11 is 0. The minimum Gasteiger partial charge on any atom is -2.00 e. The van der Waals surface area contributed by atoms with E-state index >= 15 is 0 Å². The molecule has 0 aromatic carbocycles. The Morgan fingerprint density at radius 1 is 0.333 bits per heavy atom. The largest absolute Gasteiger partial charge is 5.00 e. The van der Waals surface area contributed by atoms with Gasteiger partial charge in [0.15, 0.2) is 0 Å². The molecular weight excluding hydrogens is 804 g/mol. The molecule has 0 aromatic heterocycles. The Bertz CT molecular complexity index is 8.92. The first-order valence-corrected chi connectivity index (χ1v) is 0. The monoisotopic (exact) mass is 804 g/mol. The zero-order valence-corrected chi connectivity index (χ0v) is 16.7. The van der Waals surface area contributed by atoms with Crippen molar-refractivity contribution in [2.45, 2.75) is 0 Å². The first-order chi connectivity index (χ1) is 0. The summed E-state index contributed by atoms with van der Waals surface area (Å²) in [6.07, 6.45) is 0. The summed E-state index contributed by atoms with van der Waals surface area (Å²) in [6, 6.07) is 0. The third-order valence-corrected chi connectivity index (χ3v) is 0. The second-order valence-corrected chi connectivity index (χ2v) is 0. The van der Waals surface area contributed by atoms with Crippen molar-refractivity contribution in [3.63, 3.8) is 0 Å². The van der Waals surface area contributed by atoms with E-state index in [0.717, 1.165) is 0 Å². The summed E-state index contributed by atoms with van der Waals surface area (Å²) in [5.41, 5.74) is 0. The third kappa shape index (κ3) is 108. The molecule has 0 aliphatic carbocycles. The van der Waals surface area contributed by atoms with E-state index in [1.54, 1.807) is 0 Å². The van der Waals surface area contributed by atoms with Crippen LogP contribution >= 0.6 is 0 Å². The van der Waals surface area contributed by atoms with Crippen molar-refractivity contribution >= 4 is 0 Å². The van der Waals surface area contributed by atoms with Crippen molar-refractivity contribution in [3.8, 4) is 0 Å². The molecule has 0 spiro atoms. The van der Waals surface area contributed by atoms with E-state index in [1.165, 1.54) is 0 Å². The minimum atomic E-state index is 0. The maximum absolute atomic E-state index is 0. The predicted molar refractivity (Wildman–Crippen MR) is 3.43 cm³/mol. The summed E-state index contributed by atoms with van der Waals surface area (Å²) in [5.74, 6) is 0. The Hall–Kier alpha value is 2.76. The Morgan fingerprint density at radius 3 is 0.333 bits per heavy atom. The topological polar surface area (TPSA) is 142 Å². The molecule has 0 atom stereocenters. The van der Waals surface area contributed by atoms with E-state index < -0.39 is 0 Å². The van der Waals surface area contributed by atoms with Gasteiger partial charge in [-0.1, -0.05) is 0 Å². The molecule has 0 fully saturated rings. The normalized spacial score (nSPS) is 0. The van der Waals surface area contributed by atoms with Crippen LogP contribution in [0.5, 0.6) is 0 Å². The van der Waals surface area contributed by atoms with Crippen molar-refractivity contribution in [3.05, 3.63) is 0 Å². The molecule has 0 saturated heterocycles. The molecule has 5 nitrogen and oxygen atoms in total. The molecule has 0 bridgehead atoms. The molecule has 0 amide bonds. The van der Waals surface area contributed by atoms with Crippen molar-refractivity contribution < 1.29 is 117 Å². The second kappa shape index (κ2) is 134. The maximum Gasteiger partial charge on any atom is 5.00 e. The van der Waals surface area contributed by atoms with Gasteiger partial charge >= 0.3 is 44.8 Å². The van der Waals surface area contributed by atoms with Gasteiger partial charge in [-0.05, 0) is 0 Å². The van der Waals surface area contributed by atoms with Gasteiger partial charge in [0.1, 0.15) is 0 Å². The SMILES string of the molecule is [O-2].[O-2].[O-2].[O-2].[O-2].[Ta+5].[Ta+5].[Ta].[Ta]. The zero-order valence-electron chi connectivity index (χ0n) is 3.83. The molecule has 0 rings (SSSR count). The first kappa shape index (κ1) is 179. The molecule has 0 unspecified atom stereocenters. The number of hydrogen-bond acceptors (Lipinski definition) is 0. The Morgan fingerprint density at radius 2 is 0.333 bits per heavy atom. The molecule has 9 heteroatoms. The molecule has 9 heavy (non-hydrogen) atoms. The quantitative estimate of drug-likeness (QED) is 0.309. The van der Waals surface area contributed by atoms with E-state index in [1.807, 2.05) is 0 Å². The zero-order chi connectivity index (χ0) is 0. The predicted octanol–water partition coefficient (Wildman–Crippen LogP) is -0.604. The molecule has 0 heterocycles. The molecule has 0 N–H and O–H groups in total. The third-order valence-electron chi connectivity index (χ3n) is 0. The van der Waals surface area contributed by atoms with Crippen molar-refractivity contribution in [2.24, 2.45) is 0 Å². The summed E-state index contributed by atoms with van der Waals surface area (Å²) < 4.78 is 0. The minimum absolute atomic E-state index is 0. The van der Waals surface area contributed by atoms with Crippen LogP contribution in [-0.2, 0) is 117 Å². The van der Waals surface area contributed by atoms with Gasteiger partial charge in [0.2, 0.25) is 0 Å². The van der Waals surface area contributed by atoms with Crippen molar-refractivity contribution in [1.29, 1.82) is 0 Å². The molecule has 0 saturated carbocycles. The van der Waals surface area contributed by atoms with Crippen LogP contribution < -0.4 is 0 Å². The van der Waals surface area contributed by atoms with Crippen LogP contribution in [-0.4, -0.2) is 0 Å². The van der Waals surface area contributed by atoms with Crippen LogP contribution in [0.15, 0.2) is 0 Å². The summed E-state index contributed by atoms with van der Waals surface area (Å²) in [6.45, 7) is 0. The van der Waals surface area contributed by atoms with Gasteiger partial charge in [0.05, 0.1) is 0 Å². The van der Waals surface area contributed by atoms with E-state index in [4.69, 9.17) is 0 Å². The van der Waals surface area contributed by atoms with E-state index in [2.05, 4.69) is 0 Å². The standard InChI is InChI=1S/5O.4Ta/q5*-2;;;2*+5. The number of rotatable bonds is 0. The van der Waals surface area contributed by atoms with E-state index in [0.29, 0.717) is 0 Å². The first-order valence-electron chi connectivity index (χ1n) is 0. The van der Waals surface area contributed by atoms with Gasteiger partial charge in [-0.15, -0.1) is 0 Å². The smallest absolute Gasteiger partial charge is 2.00 e. The Kier molecular flexibility index (Phi) is 2670. The summed E-state index contributed by atoms with van der Waals surface area (Å²) in [4.78, 5) is 0. The van der Waals surface area contributed by atoms with Crippen LogP contribution in [0.1, 0.15) is 0 Å². The Balaban J connectivity index is 0. The van der Waals surface area contributed by atoms with Gasteiger partial charge in [-0.2, -0.15) is 0 Å². The van der Waals surface area contributed by atoms with Gasteiger partial charge in [0, 0.05) is 44.8 Å². The van der Waals surface area contributed by atoms with Crippen LogP contribution in [0, 0.1) is 0 Å². The van der Waals surface area contributed by atoms with Crippen LogP contribution in [0.2, 0.25) is 0 Å². The maximum atomic E-state index is 0. The fraction of sp³-hybridized carbons (Fsp3) is 0. The Labute approximate surface area is 115 Å². The van der Waals surface area contributed by atoms with Crippen LogP contribution in [0.3, 0.4) is 0 Å². The number of hydrogen-bond donors (Lipinski definition) is 0. The average Bonchev–Trinajstić information content (AvgIpc) is 0. The fourth-order valence-corrected chi connectivity index (χ4v) is 0. The van der Waals surface area contributed by atoms with Crippen molar-refractivity contribution in [1.82, 2.24) is 0 Å². The van der Waals surface area contributed by atoms with E-state index in [-0.39, 0.29) is 117 Å². The second-order valence-electron chi connectivity index (χ2n) is 0. The molecule has 0 aliphatic rings. The molecule has 50 valence electrons. The van der Waals surface area contributed by atoms with Crippen LogP contribution in [0.25, 0.3) is 0 Å². The van der Waals surface area contributed by atoms with E-state index in [9.17, 15) is 0 Å². The van der Waals surface area contributed by atoms with Gasteiger partial charge in [-0.25, -0.2) is 0 Å². The molecule has 0 aliphatic heterocycles. The van der Waals surface area contributed by atoms with Gasteiger partial charge in [0.25, 0.3) is 0 Å². The average molecular weight is 804 g/mol. The molecule has 2 radical (unpaired) electrons. The van der Waals surface area contributed by atoms with Crippen LogP contribution in [0.4, 0.5) is 0 Å². The summed E-state index contributed by atoms with van der Waals surface area (Å²) in [7, 11) is 0.